The Balaban J connectivity index is 2.05. The molecule has 2 rings (SSSR count). The van der Waals surface area contributed by atoms with E-state index in [2.05, 4.69) is 46.6 Å². The highest BCUT2D eigenvalue weighted by Gasteiger charge is 2.08. The molecule has 1 N–H and O–H groups in total. The largest absolute Gasteiger partial charge is 0.366 e. The van der Waals surface area contributed by atoms with Gasteiger partial charge in [0.1, 0.15) is 12.1 Å². The SMILES string of the molecule is CC(CCN(C)C)Nc1ncnc2ccsc12. The van der Waals surface area contributed by atoms with Crippen molar-refractivity contribution >= 4 is 27.4 Å². The van der Waals surface area contributed by atoms with Crippen LogP contribution in [0.15, 0.2) is 17.8 Å². The van der Waals surface area contributed by atoms with Crippen LogP contribution in [-0.2, 0) is 0 Å². The molecule has 0 fully saturated rings. The molecular formula is C12H18N4S. The van der Waals surface area contributed by atoms with E-state index in [0.717, 1.165) is 29.0 Å². The highest BCUT2D eigenvalue weighted by Crippen LogP contribution is 2.25. The molecule has 0 saturated carbocycles. The van der Waals surface area contributed by atoms with Gasteiger partial charge in [-0.15, -0.1) is 11.3 Å². The Hall–Kier alpha value is -1.20. The summed E-state index contributed by atoms with van der Waals surface area (Å²) in [4.78, 5) is 10.7. The Morgan fingerprint density at radius 1 is 1.41 bits per heavy atom. The van der Waals surface area contributed by atoms with Gasteiger partial charge in [-0.3, -0.25) is 0 Å². The summed E-state index contributed by atoms with van der Waals surface area (Å²) in [7, 11) is 4.18. The quantitative estimate of drug-likeness (QED) is 0.885. The van der Waals surface area contributed by atoms with E-state index in [0.29, 0.717) is 6.04 Å². The highest BCUT2D eigenvalue weighted by atomic mass is 32.1. The predicted octanol–water partition coefficient (Wildman–Crippen LogP) is 2.44. The maximum absolute atomic E-state index is 4.32. The summed E-state index contributed by atoms with van der Waals surface area (Å²) in [5.41, 5.74) is 1.02. The molecule has 0 spiro atoms. The van der Waals surface area contributed by atoms with Crippen molar-refractivity contribution < 1.29 is 0 Å². The minimum absolute atomic E-state index is 0.414. The van der Waals surface area contributed by atoms with Crippen LogP contribution < -0.4 is 5.32 Å². The third kappa shape index (κ3) is 3.14. The molecule has 5 heteroatoms. The van der Waals surface area contributed by atoms with Crippen molar-refractivity contribution in [2.24, 2.45) is 0 Å². The van der Waals surface area contributed by atoms with Gasteiger partial charge in [-0.2, -0.15) is 0 Å². The van der Waals surface area contributed by atoms with Gasteiger partial charge in [0, 0.05) is 6.04 Å². The smallest absolute Gasteiger partial charge is 0.147 e. The van der Waals surface area contributed by atoms with E-state index in [1.54, 1.807) is 17.7 Å². The zero-order valence-electron chi connectivity index (χ0n) is 10.5. The van der Waals surface area contributed by atoms with Crippen molar-refractivity contribution in [3.8, 4) is 0 Å². The molecule has 2 heterocycles. The summed E-state index contributed by atoms with van der Waals surface area (Å²) in [6, 6.07) is 2.44. The summed E-state index contributed by atoms with van der Waals surface area (Å²) in [5.74, 6) is 0.955. The van der Waals surface area contributed by atoms with Crippen LogP contribution in [0.25, 0.3) is 10.2 Å². The van der Waals surface area contributed by atoms with Crippen molar-refractivity contribution in [2.45, 2.75) is 19.4 Å². The lowest BCUT2D eigenvalue weighted by Crippen LogP contribution is -2.23. The monoisotopic (exact) mass is 250 g/mol. The first-order valence-electron chi connectivity index (χ1n) is 5.76. The van der Waals surface area contributed by atoms with Crippen LogP contribution in [0.3, 0.4) is 0 Å². The third-order valence-corrected chi connectivity index (χ3v) is 3.55. The predicted molar refractivity (Wildman–Crippen MR) is 73.7 cm³/mol. The highest BCUT2D eigenvalue weighted by molar-refractivity contribution is 7.17. The van der Waals surface area contributed by atoms with Crippen LogP contribution in [-0.4, -0.2) is 41.5 Å². The average molecular weight is 250 g/mol. The Labute approximate surface area is 106 Å². The number of nitrogens with one attached hydrogen (secondary N) is 1. The van der Waals surface area contributed by atoms with Crippen molar-refractivity contribution in [1.82, 2.24) is 14.9 Å². The zero-order valence-corrected chi connectivity index (χ0v) is 11.3. The number of anilines is 1. The molecule has 2 aromatic heterocycles. The number of aromatic nitrogens is 2. The Kier molecular flexibility index (Phi) is 3.91. The second-order valence-corrected chi connectivity index (χ2v) is 5.41. The van der Waals surface area contributed by atoms with Crippen molar-refractivity contribution in [3.05, 3.63) is 17.8 Å². The number of hydrogen-bond acceptors (Lipinski definition) is 5. The standard InChI is InChI=1S/C12H18N4S/c1-9(4-6-16(2)3)15-12-11-10(5-7-17-11)13-8-14-12/h5,7-9H,4,6H2,1-3H3,(H,13,14,15). The summed E-state index contributed by atoms with van der Waals surface area (Å²) in [6.45, 7) is 3.26. The van der Waals surface area contributed by atoms with E-state index in [4.69, 9.17) is 0 Å². The molecule has 0 saturated heterocycles. The number of fused-ring (bicyclic) bond motifs is 1. The van der Waals surface area contributed by atoms with Crippen LogP contribution in [0.2, 0.25) is 0 Å². The molecular weight excluding hydrogens is 232 g/mol. The van der Waals surface area contributed by atoms with E-state index in [1.807, 2.05) is 6.07 Å². The van der Waals surface area contributed by atoms with Gasteiger partial charge in [-0.05, 0) is 45.4 Å². The van der Waals surface area contributed by atoms with Gasteiger partial charge >= 0.3 is 0 Å². The molecule has 0 aliphatic rings. The van der Waals surface area contributed by atoms with Gasteiger partial charge in [0.25, 0.3) is 0 Å². The first-order chi connectivity index (χ1) is 8.16. The van der Waals surface area contributed by atoms with E-state index in [1.165, 1.54) is 0 Å². The normalized spacial score (nSPS) is 13.2. The van der Waals surface area contributed by atoms with Crippen LogP contribution in [0.1, 0.15) is 13.3 Å². The fraction of sp³-hybridized carbons (Fsp3) is 0.500. The molecule has 0 aliphatic heterocycles. The molecule has 0 bridgehead atoms. The van der Waals surface area contributed by atoms with Gasteiger partial charge in [-0.1, -0.05) is 0 Å². The van der Waals surface area contributed by atoms with Crippen molar-refractivity contribution in [1.29, 1.82) is 0 Å². The van der Waals surface area contributed by atoms with Crippen molar-refractivity contribution in [2.75, 3.05) is 26.0 Å². The number of nitrogens with zero attached hydrogens (tertiary/aromatic N) is 3. The average Bonchev–Trinajstić information content (AvgIpc) is 2.75. The molecule has 92 valence electrons. The Morgan fingerprint density at radius 3 is 3.00 bits per heavy atom. The van der Waals surface area contributed by atoms with E-state index in [-0.39, 0.29) is 0 Å². The van der Waals surface area contributed by atoms with Crippen LogP contribution in [0.4, 0.5) is 5.82 Å². The van der Waals surface area contributed by atoms with Gasteiger partial charge in [0.15, 0.2) is 0 Å². The molecule has 1 unspecified atom stereocenters. The van der Waals surface area contributed by atoms with Gasteiger partial charge in [0.2, 0.25) is 0 Å². The summed E-state index contributed by atoms with van der Waals surface area (Å²) < 4.78 is 1.14. The minimum atomic E-state index is 0.414. The molecule has 0 aliphatic carbocycles. The van der Waals surface area contributed by atoms with Crippen LogP contribution >= 0.6 is 11.3 Å². The summed E-state index contributed by atoms with van der Waals surface area (Å²) in [5, 5.41) is 5.51. The fourth-order valence-corrected chi connectivity index (χ4v) is 2.45. The third-order valence-electron chi connectivity index (χ3n) is 2.64. The van der Waals surface area contributed by atoms with Gasteiger partial charge in [-0.25, -0.2) is 9.97 Å². The van der Waals surface area contributed by atoms with Gasteiger partial charge < -0.3 is 10.2 Å². The molecule has 1 atom stereocenters. The summed E-state index contributed by atoms with van der Waals surface area (Å²) in [6.07, 6.45) is 2.72. The van der Waals surface area contributed by atoms with Crippen LogP contribution in [0.5, 0.6) is 0 Å². The molecule has 17 heavy (non-hydrogen) atoms. The lowest BCUT2D eigenvalue weighted by Gasteiger charge is -2.17. The Bertz CT molecular complexity index is 480. The lowest BCUT2D eigenvalue weighted by atomic mass is 10.2. The number of thiophene rings is 1. The first-order valence-corrected chi connectivity index (χ1v) is 6.64. The summed E-state index contributed by atoms with van der Waals surface area (Å²) >= 11 is 1.68. The molecule has 0 aromatic carbocycles. The van der Waals surface area contributed by atoms with Crippen LogP contribution in [0, 0.1) is 0 Å². The minimum Gasteiger partial charge on any atom is -0.366 e. The first kappa shape index (κ1) is 12.3. The topological polar surface area (TPSA) is 41.0 Å². The maximum Gasteiger partial charge on any atom is 0.147 e. The van der Waals surface area contributed by atoms with E-state index >= 15 is 0 Å². The van der Waals surface area contributed by atoms with E-state index in [9.17, 15) is 0 Å². The Morgan fingerprint density at radius 2 is 2.24 bits per heavy atom. The number of hydrogen-bond donors (Lipinski definition) is 1. The molecule has 2 aromatic rings. The molecule has 4 nitrogen and oxygen atoms in total. The molecule has 0 amide bonds. The second-order valence-electron chi connectivity index (χ2n) is 4.49. The van der Waals surface area contributed by atoms with Gasteiger partial charge in [0.05, 0.1) is 10.2 Å². The number of rotatable bonds is 5. The fourth-order valence-electron chi connectivity index (χ4n) is 1.65. The van der Waals surface area contributed by atoms with E-state index < -0.39 is 0 Å². The zero-order chi connectivity index (χ0) is 12.3. The van der Waals surface area contributed by atoms with Crippen molar-refractivity contribution in [3.63, 3.8) is 0 Å². The second kappa shape index (κ2) is 5.42. The molecule has 0 radical (unpaired) electrons. The lowest BCUT2D eigenvalue weighted by molar-refractivity contribution is 0.390. The maximum atomic E-state index is 4.32.